The van der Waals surface area contributed by atoms with E-state index in [1.807, 2.05) is 24.3 Å². The van der Waals surface area contributed by atoms with Crippen LogP contribution in [0.3, 0.4) is 0 Å². The molecule has 2 heterocycles. The maximum Gasteiger partial charge on any atom is 0.243 e. The highest BCUT2D eigenvalue weighted by atomic mass is 32.2. The highest BCUT2D eigenvalue weighted by molar-refractivity contribution is 8.00. The second-order valence-corrected chi connectivity index (χ2v) is 9.80. The summed E-state index contributed by atoms with van der Waals surface area (Å²) in [5.41, 5.74) is 1.33. The van der Waals surface area contributed by atoms with Gasteiger partial charge in [-0.15, -0.1) is 0 Å². The highest BCUT2D eigenvalue weighted by Crippen LogP contribution is 2.25. The van der Waals surface area contributed by atoms with Crippen LogP contribution < -0.4 is 0 Å². The van der Waals surface area contributed by atoms with Crippen LogP contribution >= 0.6 is 11.8 Å². The number of carbonyl (C=O) groups is 1. The highest BCUT2D eigenvalue weighted by Gasteiger charge is 2.25. The Morgan fingerprint density at radius 1 is 0.966 bits per heavy atom. The SMILES string of the molecule is O=C(CSc1ncnc2ccccc12)c1ccc(S(=O)(=O)N2CCCCC2)cc1. The van der Waals surface area contributed by atoms with Crippen molar-refractivity contribution in [2.75, 3.05) is 18.8 Å². The smallest absolute Gasteiger partial charge is 0.243 e. The molecule has 0 N–H and O–H groups in total. The Morgan fingerprint density at radius 3 is 2.45 bits per heavy atom. The zero-order valence-corrected chi connectivity index (χ0v) is 17.5. The molecule has 2 aromatic carbocycles. The second kappa shape index (κ2) is 8.61. The van der Waals surface area contributed by atoms with Crippen LogP contribution in [0.1, 0.15) is 29.6 Å². The Labute approximate surface area is 174 Å². The minimum atomic E-state index is -3.48. The van der Waals surface area contributed by atoms with Crippen molar-refractivity contribution in [1.82, 2.24) is 14.3 Å². The number of para-hydroxylation sites is 1. The van der Waals surface area contributed by atoms with Gasteiger partial charge in [-0.1, -0.05) is 48.5 Å². The summed E-state index contributed by atoms with van der Waals surface area (Å²) >= 11 is 1.36. The van der Waals surface area contributed by atoms with Gasteiger partial charge < -0.3 is 0 Å². The van der Waals surface area contributed by atoms with E-state index < -0.39 is 10.0 Å². The van der Waals surface area contributed by atoms with E-state index in [0.29, 0.717) is 18.7 Å². The van der Waals surface area contributed by atoms with Gasteiger partial charge in [-0.05, 0) is 31.0 Å². The number of thioether (sulfide) groups is 1. The number of sulfonamides is 1. The fourth-order valence-electron chi connectivity index (χ4n) is 3.38. The van der Waals surface area contributed by atoms with Crippen LogP contribution in [0.4, 0.5) is 0 Å². The predicted octanol–water partition coefficient (Wildman–Crippen LogP) is 3.78. The van der Waals surface area contributed by atoms with Crippen molar-refractivity contribution in [2.45, 2.75) is 29.2 Å². The number of piperidine rings is 1. The number of hydrogen-bond acceptors (Lipinski definition) is 6. The molecule has 4 rings (SSSR count). The van der Waals surface area contributed by atoms with Gasteiger partial charge in [0.05, 0.1) is 16.2 Å². The Hall–Kier alpha value is -2.29. The average Bonchev–Trinajstić information content (AvgIpc) is 2.78. The Balaban J connectivity index is 1.45. The van der Waals surface area contributed by atoms with Gasteiger partial charge in [0.1, 0.15) is 11.4 Å². The van der Waals surface area contributed by atoms with E-state index in [2.05, 4.69) is 9.97 Å². The lowest BCUT2D eigenvalue weighted by atomic mass is 10.1. The van der Waals surface area contributed by atoms with E-state index in [0.717, 1.165) is 35.2 Å². The lowest BCUT2D eigenvalue weighted by molar-refractivity contribution is 0.102. The molecule has 0 aliphatic carbocycles. The van der Waals surface area contributed by atoms with Gasteiger partial charge in [0.2, 0.25) is 10.0 Å². The van der Waals surface area contributed by atoms with E-state index >= 15 is 0 Å². The first kappa shape index (κ1) is 20.0. The number of fused-ring (bicyclic) bond motifs is 1. The summed E-state index contributed by atoms with van der Waals surface area (Å²) < 4.78 is 27.0. The second-order valence-electron chi connectivity index (χ2n) is 6.90. The lowest BCUT2D eigenvalue weighted by Gasteiger charge is -2.25. The van der Waals surface area contributed by atoms with Crippen molar-refractivity contribution >= 4 is 38.5 Å². The number of Topliss-reactive ketones (excluding diaryl/α,β-unsaturated/α-hetero) is 1. The first-order valence-electron chi connectivity index (χ1n) is 9.52. The molecule has 0 saturated carbocycles. The molecule has 1 aliphatic rings. The molecule has 1 aliphatic heterocycles. The maximum atomic E-state index is 12.7. The summed E-state index contributed by atoms with van der Waals surface area (Å²) in [4.78, 5) is 21.3. The monoisotopic (exact) mass is 427 g/mol. The molecular formula is C21H21N3O3S2. The Morgan fingerprint density at radius 2 is 1.69 bits per heavy atom. The summed E-state index contributed by atoms with van der Waals surface area (Å²) in [7, 11) is -3.48. The maximum absolute atomic E-state index is 12.7. The predicted molar refractivity (Wildman–Crippen MR) is 114 cm³/mol. The summed E-state index contributed by atoms with van der Waals surface area (Å²) in [6.45, 7) is 1.12. The van der Waals surface area contributed by atoms with Crippen LogP contribution in [0, 0.1) is 0 Å². The van der Waals surface area contributed by atoms with Crippen LogP contribution in [0.5, 0.6) is 0 Å². The number of nitrogens with zero attached hydrogens (tertiary/aromatic N) is 3. The van der Waals surface area contributed by atoms with Gasteiger partial charge in [0, 0.05) is 24.0 Å². The van der Waals surface area contributed by atoms with E-state index in [9.17, 15) is 13.2 Å². The van der Waals surface area contributed by atoms with Crippen molar-refractivity contribution < 1.29 is 13.2 Å². The molecule has 0 amide bonds. The Kier molecular flexibility index (Phi) is 5.94. The standard InChI is InChI=1S/C21H21N3O3S2/c25-20(14-28-21-18-6-2-3-7-19(18)22-15-23-21)16-8-10-17(11-9-16)29(26,27)24-12-4-1-5-13-24/h2-3,6-11,15H,1,4-5,12-14H2. The molecule has 150 valence electrons. The molecule has 0 spiro atoms. The fraction of sp³-hybridized carbons (Fsp3) is 0.286. The van der Waals surface area contributed by atoms with Crippen LogP contribution in [-0.4, -0.2) is 47.3 Å². The molecule has 6 nitrogen and oxygen atoms in total. The number of hydrogen-bond donors (Lipinski definition) is 0. The number of rotatable bonds is 6. The van der Waals surface area contributed by atoms with E-state index in [4.69, 9.17) is 0 Å². The summed E-state index contributed by atoms with van der Waals surface area (Å²) in [6, 6.07) is 13.9. The Bertz CT molecular complexity index is 1120. The first-order chi connectivity index (χ1) is 14.1. The molecule has 8 heteroatoms. The molecular weight excluding hydrogens is 406 g/mol. The van der Waals surface area contributed by atoms with Crippen LogP contribution in [0.15, 0.2) is 64.8 Å². The lowest BCUT2D eigenvalue weighted by Crippen LogP contribution is -2.35. The van der Waals surface area contributed by atoms with E-state index in [-0.39, 0.29) is 16.4 Å². The minimum Gasteiger partial charge on any atom is -0.293 e. The minimum absolute atomic E-state index is 0.0698. The number of aromatic nitrogens is 2. The topological polar surface area (TPSA) is 80.2 Å². The molecule has 1 aromatic heterocycles. The van der Waals surface area contributed by atoms with Crippen molar-refractivity contribution in [3.8, 4) is 0 Å². The number of carbonyl (C=O) groups excluding carboxylic acids is 1. The molecule has 0 unspecified atom stereocenters. The third-order valence-electron chi connectivity index (χ3n) is 4.98. The molecule has 3 aromatic rings. The van der Waals surface area contributed by atoms with E-state index in [1.165, 1.54) is 34.5 Å². The summed E-state index contributed by atoms with van der Waals surface area (Å²) in [5.74, 6) is 0.152. The molecule has 1 saturated heterocycles. The van der Waals surface area contributed by atoms with E-state index in [1.54, 1.807) is 12.1 Å². The molecule has 1 fully saturated rings. The van der Waals surface area contributed by atoms with Gasteiger partial charge in [-0.2, -0.15) is 4.31 Å². The fourth-order valence-corrected chi connectivity index (χ4v) is 5.78. The third kappa shape index (κ3) is 4.34. The van der Waals surface area contributed by atoms with Crippen LogP contribution in [0.25, 0.3) is 10.9 Å². The summed E-state index contributed by atoms with van der Waals surface area (Å²) in [5, 5.41) is 1.67. The zero-order chi connectivity index (χ0) is 20.3. The molecule has 29 heavy (non-hydrogen) atoms. The zero-order valence-electron chi connectivity index (χ0n) is 15.8. The molecule has 0 atom stereocenters. The van der Waals surface area contributed by atoms with Gasteiger partial charge >= 0.3 is 0 Å². The van der Waals surface area contributed by atoms with Crippen molar-refractivity contribution in [1.29, 1.82) is 0 Å². The molecule has 0 bridgehead atoms. The molecule has 0 radical (unpaired) electrons. The van der Waals surface area contributed by atoms with Crippen molar-refractivity contribution in [3.63, 3.8) is 0 Å². The average molecular weight is 428 g/mol. The third-order valence-corrected chi connectivity index (χ3v) is 7.89. The normalized spacial score (nSPS) is 15.4. The van der Waals surface area contributed by atoms with Gasteiger partial charge in [-0.3, -0.25) is 4.79 Å². The van der Waals surface area contributed by atoms with Crippen molar-refractivity contribution in [3.05, 3.63) is 60.4 Å². The first-order valence-corrected chi connectivity index (χ1v) is 11.9. The van der Waals surface area contributed by atoms with Crippen LogP contribution in [0.2, 0.25) is 0 Å². The van der Waals surface area contributed by atoms with Crippen LogP contribution in [-0.2, 0) is 10.0 Å². The quantitative estimate of drug-likeness (QED) is 0.338. The number of benzene rings is 2. The van der Waals surface area contributed by atoms with Gasteiger partial charge in [0.15, 0.2) is 5.78 Å². The number of ketones is 1. The van der Waals surface area contributed by atoms with Gasteiger partial charge in [-0.25, -0.2) is 18.4 Å². The summed E-state index contributed by atoms with van der Waals surface area (Å²) in [6.07, 6.45) is 4.35. The largest absolute Gasteiger partial charge is 0.293 e. The van der Waals surface area contributed by atoms with Gasteiger partial charge in [0.25, 0.3) is 0 Å². The van der Waals surface area contributed by atoms with Crippen molar-refractivity contribution in [2.24, 2.45) is 0 Å².